The molecule has 4 aromatic rings. The highest BCUT2D eigenvalue weighted by atomic mass is 19.4. The van der Waals surface area contributed by atoms with Crippen molar-refractivity contribution in [3.63, 3.8) is 0 Å². The number of halogens is 4. The lowest BCUT2D eigenvalue weighted by molar-refractivity contribution is -0.139. The first-order valence-electron chi connectivity index (χ1n) is 10.8. The molecule has 1 saturated carbocycles. The van der Waals surface area contributed by atoms with Gasteiger partial charge in [-0.1, -0.05) is 18.2 Å². The van der Waals surface area contributed by atoms with Gasteiger partial charge in [0, 0.05) is 24.3 Å². The van der Waals surface area contributed by atoms with E-state index in [1.165, 1.54) is 0 Å². The SMILES string of the molecule is Cn1nc(N)c2c(-c3ccc(NC(=O)Nc4cccc(C(F)(F)F)c4F)cc3)cc(C3CC3)nc21. The van der Waals surface area contributed by atoms with E-state index in [0.29, 0.717) is 29.1 Å². The fourth-order valence-electron chi connectivity index (χ4n) is 3.98. The largest absolute Gasteiger partial charge is 0.419 e. The molecule has 0 saturated heterocycles. The highest BCUT2D eigenvalue weighted by Crippen LogP contribution is 2.42. The summed E-state index contributed by atoms with van der Waals surface area (Å²) in [5.41, 5.74) is 7.82. The Morgan fingerprint density at radius 1 is 1.11 bits per heavy atom. The maximum atomic E-state index is 14.2. The number of carbonyl (C=O) groups excluding carboxylic acids is 1. The monoisotopic (exact) mass is 484 g/mol. The van der Waals surface area contributed by atoms with Crippen molar-refractivity contribution in [1.82, 2.24) is 14.8 Å². The van der Waals surface area contributed by atoms with Gasteiger partial charge in [-0.2, -0.15) is 18.3 Å². The summed E-state index contributed by atoms with van der Waals surface area (Å²) in [4.78, 5) is 17.0. The summed E-state index contributed by atoms with van der Waals surface area (Å²) in [6.45, 7) is 0. The van der Waals surface area contributed by atoms with E-state index in [1.807, 2.05) is 6.07 Å². The Hall–Kier alpha value is -4.15. The van der Waals surface area contributed by atoms with E-state index in [-0.39, 0.29) is 0 Å². The zero-order chi connectivity index (χ0) is 24.9. The van der Waals surface area contributed by atoms with Crippen LogP contribution in [-0.4, -0.2) is 20.8 Å². The Balaban J connectivity index is 1.38. The van der Waals surface area contributed by atoms with Crippen LogP contribution in [0.3, 0.4) is 0 Å². The topological polar surface area (TPSA) is 97.9 Å². The fourth-order valence-corrected chi connectivity index (χ4v) is 3.98. The molecule has 2 aromatic carbocycles. The molecule has 0 bridgehead atoms. The van der Waals surface area contributed by atoms with E-state index in [4.69, 9.17) is 10.7 Å². The molecule has 0 spiro atoms. The van der Waals surface area contributed by atoms with Gasteiger partial charge in [-0.25, -0.2) is 18.9 Å². The smallest absolute Gasteiger partial charge is 0.382 e. The number of rotatable bonds is 4. The Bertz CT molecular complexity index is 1440. The number of nitrogens with two attached hydrogens (primary N) is 1. The summed E-state index contributed by atoms with van der Waals surface area (Å²) in [7, 11) is 1.78. The molecule has 11 heteroatoms. The lowest BCUT2D eigenvalue weighted by atomic mass is 10.0. The molecule has 0 unspecified atom stereocenters. The molecule has 0 atom stereocenters. The van der Waals surface area contributed by atoms with Gasteiger partial charge in [0.1, 0.15) is 0 Å². The van der Waals surface area contributed by atoms with E-state index >= 15 is 0 Å². The van der Waals surface area contributed by atoms with Crippen molar-refractivity contribution >= 4 is 34.3 Å². The van der Waals surface area contributed by atoms with Crippen molar-refractivity contribution in [2.45, 2.75) is 24.9 Å². The van der Waals surface area contributed by atoms with Crippen LogP contribution in [-0.2, 0) is 13.2 Å². The van der Waals surface area contributed by atoms with Crippen molar-refractivity contribution in [1.29, 1.82) is 0 Å². The summed E-state index contributed by atoms with van der Waals surface area (Å²) >= 11 is 0. The van der Waals surface area contributed by atoms with E-state index in [0.717, 1.165) is 47.2 Å². The van der Waals surface area contributed by atoms with Gasteiger partial charge in [0.15, 0.2) is 17.3 Å². The zero-order valence-electron chi connectivity index (χ0n) is 18.4. The highest BCUT2D eigenvalue weighted by molar-refractivity contribution is 6.02. The summed E-state index contributed by atoms with van der Waals surface area (Å²) in [5, 5.41) is 9.63. The van der Waals surface area contributed by atoms with Crippen molar-refractivity contribution in [2.24, 2.45) is 7.05 Å². The number of alkyl halides is 3. The van der Waals surface area contributed by atoms with Crippen molar-refractivity contribution in [2.75, 3.05) is 16.4 Å². The van der Waals surface area contributed by atoms with Crippen LogP contribution >= 0.6 is 0 Å². The number of urea groups is 1. The minimum absolute atomic E-state index is 0.358. The van der Waals surface area contributed by atoms with E-state index in [2.05, 4.69) is 15.7 Å². The molecule has 2 amide bonds. The lowest BCUT2D eigenvalue weighted by Gasteiger charge is -2.13. The van der Waals surface area contributed by atoms with E-state index in [9.17, 15) is 22.4 Å². The second-order valence-electron chi connectivity index (χ2n) is 8.40. The van der Waals surface area contributed by atoms with Gasteiger partial charge in [-0.15, -0.1) is 0 Å². The number of carbonyl (C=O) groups is 1. The molecule has 0 radical (unpaired) electrons. The Kier molecular flexibility index (Phi) is 5.34. The molecule has 7 nitrogen and oxygen atoms in total. The number of aryl methyl sites for hydroxylation is 1. The summed E-state index contributed by atoms with van der Waals surface area (Å²) in [5.74, 6) is -0.778. The predicted octanol–water partition coefficient (Wildman–Crippen LogP) is 5.90. The van der Waals surface area contributed by atoms with Crippen LogP contribution in [0.5, 0.6) is 0 Å². The molecule has 1 aliphatic rings. The molecular weight excluding hydrogens is 464 g/mol. The molecule has 35 heavy (non-hydrogen) atoms. The molecule has 180 valence electrons. The first-order chi connectivity index (χ1) is 16.6. The Labute approximate surface area is 197 Å². The minimum atomic E-state index is -4.87. The van der Waals surface area contributed by atoms with Crippen LogP contribution < -0.4 is 16.4 Å². The number of anilines is 3. The molecule has 5 rings (SSSR count). The fraction of sp³-hybridized carbons (Fsp3) is 0.208. The minimum Gasteiger partial charge on any atom is -0.382 e. The standard InChI is InChI=1S/C24H20F4N6O/c1-34-22-19(21(29)33-34)15(11-18(31-22)13-5-6-13)12-7-9-14(10-8-12)30-23(35)32-17-4-2-3-16(20(17)25)24(26,27)28/h2-4,7-11,13H,5-6H2,1H3,(H2,29,33)(H2,30,32,35). The van der Waals surface area contributed by atoms with Gasteiger partial charge in [-0.3, -0.25) is 0 Å². The molecule has 2 aromatic heterocycles. The molecule has 4 N–H and O–H groups in total. The number of nitrogens with zero attached hydrogens (tertiary/aromatic N) is 3. The van der Waals surface area contributed by atoms with Crippen molar-refractivity contribution in [3.05, 3.63) is 65.6 Å². The molecule has 2 heterocycles. The third-order valence-electron chi connectivity index (χ3n) is 5.84. The van der Waals surface area contributed by atoms with Gasteiger partial charge in [0.05, 0.1) is 16.6 Å². The first kappa shape index (κ1) is 22.6. The third-order valence-corrected chi connectivity index (χ3v) is 5.84. The highest BCUT2D eigenvalue weighted by Gasteiger charge is 2.35. The molecule has 1 aliphatic carbocycles. The molecular formula is C24H20F4N6O. The summed E-state index contributed by atoms with van der Waals surface area (Å²) in [6, 6.07) is 10.6. The van der Waals surface area contributed by atoms with Gasteiger partial charge in [0.25, 0.3) is 0 Å². The quantitative estimate of drug-likeness (QED) is 0.314. The van der Waals surface area contributed by atoms with E-state index < -0.39 is 29.3 Å². The Morgan fingerprint density at radius 2 is 1.83 bits per heavy atom. The number of nitrogen functional groups attached to an aromatic ring is 1. The van der Waals surface area contributed by atoms with Crippen molar-refractivity contribution < 1.29 is 22.4 Å². The number of benzene rings is 2. The van der Waals surface area contributed by atoms with Gasteiger partial charge in [-0.05, 0) is 54.3 Å². The molecule has 1 fully saturated rings. The number of amides is 2. The lowest BCUT2D eigenvalue weighted by Crippen LogP contribution is -2.21. The third kappa shape index (κ3) is 4.36. The predicted molar refractivity (Wildman–Crippen MR) is 124 cm³/mol. The van der Waals surface area contributed by atoms with Gasteiger partial charge >= 0.3 is 12.2 Å². The number of pyridine rings is 1. The van der Waals surface area contributed by atoms with Crippen LogP contribution in [0.4, 0.5) is 39.5 Å². The zero-order valence-corrected chi connectivity index (χ0v) is 18.4. The maximum absolute atomic E-state index is 14.2. The normalized spacial score (nSPS) is 13.7. The average molecular weight is 484 g/mol. The van der Waals surface area contributed by atoms with Crippen molar-refractivity contribution in [3.8, 4) is 11.1 Å². The summed E-state index contributed by atoms with van der Waals surface area (Å²) < 4.78 is 54.5. The number of nitrogens with one attached hydrogen (secondary N) is 2. The number of hydrogen-bond donors (Lipinski definition) is 3. The van der Waals surface area contributed by atoms with Gasteiger partial charge in [0.2, 0.25) is 0 Å². The van der Waals surface area contributed by atoms with Crippen LogP contribution in [0.2, 0.25) is 0 Å². The number of hydrogen-bond acceptors (Lipinski definition) is 4. The average Bonchev–Trinajstić information content (AvgIpc) is 3.60. The van der Waals surface area contributed by atoms with Crippen LogP contribution in [0.15, 0.2) is 48.5 Å². The second-order valence-corrected chi connectivity index (χ2v) is 8.40. The summed E-state index contributed by atoms with van der Waals surface area (Å²) in [6.07, 6.45) is -2.71. The number of fused-ring (bicyclic) bond motifs is 1. The maximum Gasteiger partial charge on any atom is 0.419 e. The van der Waals surface area contributed by atoms with Crippen LogP contribution in [0.1, 0.15) is 30.0 Å². The number of aromatic nitrogens is 3. The Morgan fingerprint density at radius 3 is 2.49 bits per heavy atom. The van der Waals surface area contributed by atoms with Crippen LogP contribution in [0.25, 0.3) is 22.2 Å². The second kappa shape index (κ2) is 8.26. The first-order valence-corrected chi connectivity index (χ1v) is 10.8. The van der Waals surface area contributed by atoms with Crippen LogP contribution in [0, 0.1) is 5.82 Å². The molecule has 0 aliphatic heterocycles. The van der Waals surface area contributed by atoms with E-state index in [1.54, 1.807) is 36.0 Å². The van der Waals surface area contributed by atoms with Gasteiger partial charge < -0.3 is 16.4 Å².